The van der Waals surface area contributed by atoms with Crippen molar-refractivity contribution in [2.45, 2.75) is 20.4 Å². The number of hydrogen-bond donors (Lipinski definition) is 1. The van der Waals surface area contributed by atoms with E-state index in [0.717, 1.165) is 0 Å². The number of allylic oxidation sites excluding steroid dienone is 2. The van der Waals surface area contributed by atoms with Crippen LogP contribution < -0.4 is 5.32 Å². The Morgan fingerprint density at radius 3 is 2.48 bits per heavy atom. The molecule has 1 N–H and O–H groups in total. The van der Waals surface area contributed by atoms with Gasteiger partial charge < -0.3 is 14.5 Å². The Bertz CT molecular complexity index is 922. The first kappa shape index (κ1) is 19.9. The highest BCUT2D eigenvalue weighted by molar-refractivity contribution is 6.52. The van der Waals surface area contributed by atoms with Gasteiger partial charge in [0.1, 0.15) is 5.76 Å². The van der Waals surface area contributed by atoms with Gasteiger partial charge in [-0.15, -0.1) is 0 Å². The lowest BCUT2D eigenvalue weighted by Crippen LogP contribution is -2.21. The standard InChI is InChI=1S/C19H16N2O4.C2H6/c1-11(8-9-12(2)24-3)20-10-15-21-16-18(23)17(22)13-6-4-5-7-14(13)19(16)25-15;1-2/h4-9,20H,1-2,10H2,3H3;1-2H3/b9-8-;. The van der Waals surface area contributed by atoms with Gasteiger partial charge in [0.25, 0.3) is 5.78 Å². The molecule has 0 saturated carbocycles. The molecule has 0 unspecified atom stereocenters. The van der Waals surface area contributed by atoms with Gasteiger partial charge in [-0.1, -0.05) is 51.3 Å². The van der Waals surface area contributed by atoms with E-state index < -0.39 is 11.6 Å². The molecule has 2 aromatic rings. The van der Waals surface area contributed by atoms with Crippen molar-refractivity contribution in [3.63, 3.8) is 0 Å². The number of ketones is 2. The first-order chi connectivity index (χ1) is 13.0. The van der Waals surface area contributed by atoms with Crippen LogP contribution >= 0.6 is 0 Å². The number of nitrogens with one attached hydrogen (secondary N) is 1. The molecule has 0 bridgehead atoms. The number of fused-ring (bicyclic) bond motifs is 3. The molecule has 1 aromatic carbocycles. The lowest BCUT2D eigenvalue weighted by Gasteiger charge is -2.10. The number of rotatable bonds is 6. The van der Waals surface area contributed by atoms with E-state index in [9.17, 15) is 9.59 Å². The summed E-state index contributed by atoms with van der Waals surface area (Å²) >= 11 is 0. The lowest BCUT2D eigenvalue weighted by atomic mass is 9.91. The molecule has 27 heavy (non-hydrogen) atoms. The Balaban J connectivity index is 0.00000126. The van der Waals surface area contributed by atoms with Crippen LogP contribution in [0.1, 0.15) is 40.6 Å². The first-order valence-corrected chi connectivity index (χ1v) is 8.53. The Morgan fingerprint density at radius 2 is 1.81 bits per heavy atom. The maximum atomic E-state index is 12.2. The molecule has 1 aliphatic carbocycles. The molecule has 3 rings (SSSR count). The van der Waals surface area contributed by atoms with Crippen LogP contribution in [-0.2, 0) is 11.3 Å². The molecule has 0 aliphatic heterocycles. The Hall–Kier alpha value is -3.41. The summed E-state index contributed by atoms with van der Waals surface area (Å²) in [6, 6.07) is 6.83. The number of hydrogen-bond acceptors (Lipinski definition) is 6. The Morgan fingerprint density at radius 1 is 1.15 bits per heavy atom. The molecule has 140 valence electrons. The van der Waals surface area contributed by atoms with Gasteiger partial charge in [-0.2, -0.15) is 0 Å². The molecule has 6 nitrogen and oxygen atoms in total. The highest BCUT2D eigenvalue weighted by atomic mass is 16.5. The third-order valence-electron chi connectivity index (χ3n) is 3.71. The molecule has 0 radical (unpaired) electrons. The van der Waals surface area contributed by atoms with Crippen LogP contribution in [0.3, 0.4) is 0 Å². The number of ether oxygens (including phenoxy) is 1. The second-order valence-corrected chi connectivity index (χ2v) is 5.37. The molecular formula is C21H22N2O4. The number of aromatic nitrogens is 1. The second kappa shape index (κ2) is 8.80. The summed E-state index contributed by atoms with van der Waals surface area (Å²) in [4.78, 5) is 28.5. The minimum absolute atomic E-state index is 0.0504. The zero-order chi connectivity index (χ0) is 20.0. The largest absolute Gasteiger partial charge is 0.497 e. The number of carbonyl (C=O) groups excluding carboxylic acids is 2. The van der Waals surface area contributed by atoms with Crippen LogP contribution in [0.25, 0.3) is 11.3 Å². The Labute approximate surface area is 158 Å². The average molecular weight is 366 g/mol. The molecule has 0 amide bonds. The molecule has 1 heterocycles. The van der Waals surface area contributed by atoms with E-state index in [1.807, 2.05) is 13.8 Å². The minimum atomic E-state index is -0.654. The van der Waals surface area contributed by atoms with E-state index in [1.54, 1.807) is 36.4 Å². The van der Waals surface area contributed by atoms with Crippen molar-refractivity contribution in [2.24, 2.45) is 0 Å². The predicted molar refractivity (Wildman–Crippen MR) is 103 cm³/mol. The number of Topliss-reactive ketones (excluding diaryl/α,β-unsaturated/α-hetero) is 2. The van der Waals surface area contributed by atoms with Crippen molar-refractivity contribution in [3.8, 4) is 11.3 Å². The molecule has 6 heteroatoms. The highest BCUT2D eigenvalue weighted by Gasteiger charge is 2.34. The average Bonchev–Trinajstić information content (AvgIpc) is 3.14. The quantitative estimate of drug-likeness (QED) is 0.472. The van der Waals surface area contributed by atoms with Crippen LogP contribution in [0, 0.1) is 0 Å². The summed E-state index contributed by atoms with van der Waals surface area (Å²) < 4.78 is 10.6. The van der Waals surface area contributed by atoms with Gasteiger partial charge in [0, 0.05) is 16.8 Å². The van der Waals surface area contributed by atoms with Crippen LogP contribution in [0.4, 0.5) is 0 Å². The number of oxazole rings is 1. The molecule has 0 fully saturated rings. The predicted octanol–water partition coefficient (Wildman–Crippen LogP) is 4.07. The summed E-state index contributed by atoms with van der Waals surface area (Å²) in [7, 11) is 1.52. The number of benzene rings is 1. The summed E-state index contributed by atoms with van der Waals surface area (Å²) in [5.41, 5.74) is 1.56. The molecular weight excluding hydrogens is 344 g/mol. The van der Waals surface area contributed by atoms with Gasteiger partial charge in [0.15, 0.2) is 11.5 Å². The number of nitrogens with zero attached hydrogens (tertiary/aromatic N) is 1. The minimum Gasteiger partial charge on any atom is -0.497 e. The van der Waals surface area contributed by atoms with E-state index >= 15 is 0 Å². The van der Waals surface area contributed by atoms with Crippen molar-refractivity contribution in [1.29, 1.82) is 0 Å². The molecule has 0 atom stereocenters. The number of carbonyl (C=O) groups is 2. The van der Waals surface area contributed by atoms with E-state index in [1.165, 1.54) is 7.11 Å². The fourth-order valence-electron chi connectivity index (χ4n) is 2.40. The fraction of sp³-hybridized carbons (Fsp3) is 0.190. The second-order valence-electron chi connectivity index (χ2n) is 5.37. The number of methoxy groups -OCH3 is 1. The van der Waals surface area contributed by atoms with Gasteiger partial charge in [0.2, 0.25) is 11.7 Å². The van der Waals surface area contributed by atoms with E-state index in [-0.39, 0.29) is 12.2 Å². The van der Waals surface area contributed by atoms with Gasteiger partial charge >= 0.3 is 0 Å². The smallest absolute Gasteiger partial charge is 0.255 e. The van der Waals surface area contributed by atoms with Crippen molar-refractivity contribution < 1.29 is 18.7 Å². The molecule has 1 aromatic heterocycles. The first-order valence-electron chi connectivity index (χ1n) is 8.53. The molecule has 1 aliphatic rings. The Kier molecular flexibility index (Phi) is 6.49. The van der Waals surface area contributed by atoms with Crippen LogP contribution in [0.15, 0.2) is 65.4 Å². The SMILES string of the molecule is C=C(/C=C\C(=C)OC)NCc1nc2c(o1)-c1ccccc1C(=O)C2=O.CC. The lowest BCUT2D eigenvalue weighted by molar-refractivity contribution is 0.0812. The van der Waals surface area contributed by atoms with Gasteiger partial charge in [-0.3, -0.25) is 9.59 Å². The molecule has 0 spiro atoms. The topological polar surface area (TPSA) is 81.4 Å². The summed E-state index contributed by atoms with van der Waals surface area (Å²) in [6.07, 6.45) is 3.35. The highest BCUT2D eigenvalue weighted by Crippen LogP contribution is 2.33. The third kappa shape index (κ3) is 4.23. The summed E-state index contributed by atoms with van der Waals surface area (Å²) in [6.45, 7) is 11.7. The van der Waals surface area contributed by atoms with Gasteiger partial charge in [0.05, 0.1) is 13.7 Å². The molecule has 0 saturated heterocycles. The van der Waals surface area contributed by atoms with Gasteiger partial charge in [-0.25, -0.2) is 4.98 Å². The van der Waals surface area contributed by atoms with Crippen LogP contribution in [0.2, 0.25) is 0 Å². The van der Waals surface area contributed by atoms with Crippen molar-refractivity contribution in [1.82, 2.24) is 10.3 Å². The zero-order valence-electron chi connectivity index (χ0n) is 15.7. The van der Waals surface area contributed by atoms with Crippen LogP contribution in [-0.4, -0.2) is 23.7 Å². The summed E-state index contributed by atoms with van der Waals surface area (Å²) in [5, 5.41) is 3.01. The van der Waals surface area contributed by atoms with Crippen molar-refractivity contribution in [3.05, 3.63) is 78.2 Å². The maximum absolute atomic E-state index is 12.2. The van der Waals surface area contributed by atoms with E-state index in [0.29, 0.717) is 34.2 Å². The van der Waals surface area contributed by atoms with E-state index in [4.69, 9.17) is 9.15 Å². The fourth-order valence-corrected chi connectivity index (χ4v) is 2.40. The zero-order valence-corrected chi connectivity index (χ0v) is 15.7. The summed E-state index contributed by atoms with van der Waals surface area (Å²) in [5.74, 6) is -0.107. The van der Waals surface area contributed by atoms with Crippen LogP contribution in [0.5, 0.6) is 0 Å². The third-order valence-corrected chi connectivity index (χ3v) is 3.71. The van der Waals surface area contributed by atoms with Crippen molar-refractivity contribution in [2.75, 3.05) is 7.11 Å². The van der Waals surface area contributed by atoms with Crippen molar-refractivity contribution >= 4 is 11.6 Å². The van der Waals surface area contributed by atoms with E-state index in [2.05, 4.69) is 23.5 Å². The maximum Gasteiger partial charge on any atom is 0.255 e. The van der Waals surface area contributed by atoms with Gasteiger partial charge in [-0.05, 0) is 12.2 Å². The monoisotopic (exact) mass is 366 g/mol. The normalized spacial score (nSPS) is 12.0.